The lowest BCUT2D eigenvalue weighted by Crippen LogP contribution is -2.33. The van der Waals surface area contributed by atoms with Crippen LogP contribution in [-0.2, 0) is 9.59 Å². The van der Waals surface area contributed by atoms with Crippen LogP contribution in [-0.4, -0.2) is 50.7 Å². The molecule has 0 aliphatic carbocycles. The molecule has 0 aromatic carbocycles. The van der Waals surface area contributed by atoms with Gasteiger partial charge in [0.1, 0.15) is 0 Å². The number of amides is 1. The minimum absolute atomic E-state index is 0.0230. The van der Waals surface area contributed by atoms with Crippen molar-refractivity contribution in [2.75, 3.05) is 11.4 Å². The lowest BCUT2D eigenvalue weighted by molar-refractivity contribution is -0.141. The van der Waals surface area contributed by atoms with E-state index in [9.17, 15) is 9.59 Å². The third kappa shape index (κ3) is 2.31. The molecular weight excluding hydrogens is 241 g/mol. The average Bonchev–Trinajstić information content (AvgIpc) is 2.71. The Morgan fingerprint density at radius 3 is 2.44 bits per heavy atom. The van der Waals surface area contributed by atoms with E-state index in [0.29, 0.717) is 0 Å². The minimum atomic E-state index is -1.68. The number of carbonyl (C=O) groups excluding carboxylic acids is 1. The van der Waals surface area contributed by atoms with E-state index in [1.807, 2.05) is 0 Å². The molecule has 1 aliphatic heterocycles. The predicted octanol–water partition coefficient (Wildman–Crippen LogP) is -2.41. The van der Waals surface area contributed by atoms with Crippen molar-refractivity contribution in [2.45, 2.75) is 6.42 Å². The molecule has 2 heterocycles. The molecule has 8 nitrogen and oxygen atoms in total. The van der Waals surface area contributed by atoms with Crippen LogP contribution in [0.2, 0.25) is 0 Å². The Hall–Kier alpha value is -2.00. The molecule has 1 aliphatic rings. The Balaban J connectivity index is 2.17. The van der Waals surface area contributed by atoms with Gasteiger partial charge in [-0.25, -0.2) is 9.97 Å². The van der Waals surface area contributed by atoms with Crippen LogP contribution in [0, 0.1) is 5.92 Å². The normalized spacial score (nSPS) is 19.1. The highest BCUT2D eigenvalue weighted by Crippen LogP contribution is 2.21. The smallest absolute Gasteiger partial charge is 0.481 e. The summed E-state index contributed by atoms with van der Waals surface area (Å²) in [6.45, 7) is 0.0230. The number of carboxylic acids is 1. The van der Waals surface area contributed by atoms with Crippen molar-refractivity contribution >= 4 is 30.4 Å². The summed E-state index contributed by atoms with van der Waals surface area (Å²) in [5.41, 5.74) is 0.0974. The highest BCUT2D eigenvalue weighted by molar-refractivity contribution is 6.58. The van der Waals surface area contributed by atoms with E-state index in [1.165, 1.54) is 17.3 Å². The largest absolute Gasteiger partial charge is 0.491 e. The van der Waals surface area contributed by atoms with Crippen LogP contribution in [0.3, 0.4) is 0 Å². The SMILES string of the molecule is O=C(O)C1CC(=O)N(c2ncc(B(O)O)cn2)C1. The van der Waals surface area contributed by atoms with Crippen LogP contribution in [0.15, 0.2) is 12.4 Å². The summed E-state index contributed by atoms with van der Waals surface area (Å²) < 4.78 is 0. The van der Waals surface area contributed by atoms with E-state index in [4.69, 9.17) is 15.2 Å². The summed E-state index contributed by atoms with van der Waals surface area (Å²) in [5.74, 6) is -2.09. The minimum Gasteiger partial charge on any atom is -0.481 e. The molecule has 1 aromatic heterocycles. The molecule has 2 rings (SSSR count). The van der Waals surface area contributed by atoms with Gasteiger partial charge in [-0.2, -0.15) is 0 Å². The molecule has 3 N–H and O–H groups in total. The molecule has 18 heavy (non-hydrogen) atoms. The fraction of sp³-hybridized carbons (Fsp3) is 0.333. The first kappa shape index (κ1) is 12.5. The van der Waals surface area contributed by atoms with Crippen molar-refractivity contribution < 1.29 is 24.7 Å². The Kier molecular flexibility index (Phi) is 3.26. The van der Waals surface area contributed by atoms with E-state index in [-0.39, 0.29) is 30.3 Å². The zero-order valence-electron chi connectivity index (χ0n) is 9.22. The second-order valence-electron chi connectivity index (χ2n) is 3.93. The van der Waals surface area contributed by atoms with Crippen molar-refractivity contribution in [3.05, 3.63) is 12.4 Å². The maximum absolute atomic E-state index is 11.6. The Morgan fingerprint density at radius 2 is 2.00 bits per heavy atom. The van der Waals surface area contributed by atoms with E-state index in [0.717, 1.165) is 0 Å². The van der Waals surface area contributed by atoms with Gasteiger partial charge in [-0.15, -0.1) is 0 Å². The topological polar surface area (TPSA) is 124 Å². The van der Waals surface area contributed by atoms with E-state index >= 15 is 0 Å². The van der Waals surface area contributed by atoms with Crippen LogP contribution in [0.5, 0.6) is 0 Å². The summed E-state index contributed by atoms with van der Waals surface area (Å²) in [4.78, 5) is 31.2. The molecule has 1 saturated heterocycles. The molecule has 0 spiro atoms. The van der Waals surface area contributed by atoms with E-state index in [1.54, 1.807) is 0 Å². The highest BCUT2D eigenvalue weighted by Gasteiger charge is 2.36. The van der Waals surface area contributed by atoms with Crippen molar-refractivity contribution in [3.8, 4) is 0 Å². The number of nitrogens with zero attached hydrogens (tertiary/aromatic N) is 3. The van der Waals surface area contributed by atoms with Crippen molar-refractivity contribution in [2.24, 2.45) is 5.92 Å². The molecule has 9 heteroatoms. The second-order valence-corrected chi connectivity index (χ2v) is 3.93. The zero-order valence-corrected chi connectivity index (χ0v) is 9.22. The van der Waals surface area contributed by atoms with Gasteiger partial charge in [-0.05, 0) is 0 Å². The number of anilines is 1. The molecular formula is C9H10BN3O5. The van der Waals surface area contributed by atoms with Crippen LogP contribution >= 0.6 is 0 Å². The van der Waals surface area contributed by atoms with Crippen LogP contribution in [0.25, 0.3) is 0 Å². The third-order valence-electron chi connectivity index (χ3n) is 2.67. The molecule has 94 valence electrons. The number of aromatic nitrogens is 2. The van der Waals surface area contributed by atoms with Gasteiger partial charge in [0.25, 0.3) is 0 Å². The standard InChI is InChI=1S/C9H10BN3O5/c14-7-1-5(8(15)16)4-13(7)9-11-2-6(3-12-9)10(17)18/h2-3,5,17-18H,1,4H2,(H,15,16). The number of aliphatic carboxylic acids is 1. The first-order valence-corrected chi connectivity index (χ1v) is 5.20. The third-order valence-corrected chi connectivity index (χ3v) is 2.67. The molecule has 0 radical (unpaired) electrons. The summed E-state index contributed by atoms with van der Waals surface area (Å²) in [5, 5.41) is 26.6. The summed E-state index contributed by atoms with van der Waals surface area (Å²) in [7, 11) is -1.68. The number of hydrogen-bond acceptors (Lipinski definition) is 6. The lowest BCUT2D eigenvalue weighted by atomic mass is 9.83. The van der Waals surface area contributed by atoms with Gasteiger partial charge in [0.05, 0.1) is 5.92 Å². The van der Waals surface area contributed by atoms with Gasteiger partial charge < -0.3 is 15.2 Å². The molecule has 1 unspecified atom stereocenters. The van der Waals surface area contributed by atoms with Crippen molar-refractivity contribution in [1.29, 1.82) is 0 Å². The number of carboxylic acid groups (broad SMARTS) is 1. The number of carbonyl (C=O) groups is 2. The van der Waals surface area contributed by atoms with Crippen molar-refractivity contribution in [1.82, 2.24) is 9.97 Å². The van der Waals surface area contributed by atoms with Gasteiger partial charge in [0, 0.05) is 30.8 Å². The molecule has 1 fully saturated rings. The van der Waals surface area contributed by atoms with Crippen LogP contribution < -0.4 is 10.4 Å². The first-order valence-electron chi connectivity index (χ1n) is 5.20. The molecule has 0 saturated carbocycles. The van der Waals surface area contributed by atoms with Gasteiger partial charge >= 0.3 is 13.1 Å². The Labute approximate surface area is 102 Å². The van der Waals surface area contributed by atoms with E-state index < -0.39 is 19.0 Å². The van der Waals surface area contributed by atoms with Gasteiger partial charge in [0.2, 0.25) is 11.9 Å². The molecule has 0 bridgehead atoms. The first-order chi connectivity index (χ1) is 8.49. The number of rotatable bonds is 3. The summed E-state index contributed by atoms with van der Waals surface area (Å²) in [6, 6.07) is 0. The van der Waals surface area contributed by atoms with Crippen LogP contribution in [0.1, 0.15) is 6.42 Å². The number of hydrogen-bond donors (Lipinski definition) is 3. The Morgan fingerprint density at radius 1 is 1.39 bits per heavy atom. The maximum Gasteiger partial charge on any atom is 0.491 e. The van der Waals surface area contributed by atoms with Crippen molar-refractivity contribution in [3.63, 3.8) is 0 Å². The highest BCUT2D eigenvalue weighted by atomic mass is 16.4. The second kappa shape index (κ2) is 4.71. The van der Waals surface area contributed by atoms with Gasteiger partial charge in [0.15, 0.2) is 0 Å². The average molecular weight is 251 g/mol. The fourth-order valence-corrected chi connectivity index (χ4v) is 1.67. The summed E-state index contributed by atoms with van der Waals surface area (Å²) in [6.07, 6.45) is 2.27. The van der Waals surface area contributed by atoms with Gasteiger partial charge in [-0.1, -0.05) is 0 Å². The Bertz CT molecular complexity index is 478. The van der Waals surface area contributed by atoms with E-state index in [2.05, 4.69) is 9.97 Å². The zero-order chi connectivity index (χ0) is 13.3. The monoisotopic (exact) mass is 251 g/mol. The summed E-state index contributed by atoms with van der Waals surface area (Å²) >= 11 is 0. The molecule has 1 amide bonds. The lowest BCUT2D eigenvalue weighted by Gasteiger charge is -2.13. The predicted molar refractivity (Wildman–Crippen MR) is 60.0 cm³/mol. The quantitative estimate of drug-likeness (QED) is 0.511. The van der Waals surface area contributed by atoms with Crippen LogP contribution in [0.4, 0.5) is 5.95 Å². The molecule has 1 atom stereocenters. The molecule has 1 aromatic rings. The fourth-order valence-electron chi connectivity index (χ4n) is 1.67. The maximum atomic E-state index is 11.6. The van der Waals surface area contributed by atoms with Gasteiger partial charge in [-0.3, -0.25) is 14.5 Å².